The zero-order valence-corrected chi connectivity index (χ0v) is 13.2. The molecule has 2 aromatic carbocycles. The molecule has 0 unspecified atom stereocenters. The number of carbonyl (C=O) groups excluding carboxylic acids is 2. The molecule has 0 aliphatic carbocycles. The van der Waals surface area contributed by atoms with Crippen molar-refractivity contribution in [2.24, 2.45) is 0 Å². The SMILES string of the molecule is CC(=O)c1cc(Cl)c(SC#N)cc1NC(=O)c1ccccc1. The minimum Gasteiger partial charge on any atom is -0.321 e. The van der Waals surface area contributed by atoms with Crippen LogP contribution < -0.4 is 5.32 Å². The first-order valence-electron chi connectivity index (χ1n) is 6.29. The number of nitrogens with zero attached hydrogens (tertiary/aromatic N) is 1. The maximum atomic E-state index is 12.2. The highest BCUT2D eigenvalue weighted by Crippen LogP contribution is 2.32. The van der Waals surface area contributed by atoms with E-state index in [1.165, 1.54) is 19.1 Å². The van der Waals surface area contributed by atoms with Crippen molar-refractivity contribution in [1.82, 2.24) is 0 Å². The topological polar surface area (TPSA) is 70.0 Å². The van der Waals surface area contributed by atoms with Crippen LogP contribution in [-0.2, 0) is 0 Å². The molecule has 0 saturated heterocycles. The summed E-state index contributed by atoms with van der Waals surface area (Å²) < 4.78 is 0. The van der Waals surface area contributed by atoms with Gasteiger partial charge in [0, 0.05) is 16.0 Å². The number of anilines is 1. The van der Waals surface area contributed by atoms with Crippen molar-refractivity contribution in [3.63, 3.8) is 0 Å². The van der Waals surface area contributed by atoms with E-state index >= 15 is 0 Å². The lowest BCUT2D eigenvalue weighted by molar-refractivity contribution is 0.101. The molecule has 0 aromatic heterocycles. The van der Waals surface area contributed by atoms with Crippen LogP contribution >= 0.6 is 23.4 Å². The second-order valence-corrected chi connectivity index (χ2v) is 5.63. The molecule has 1 amide bonds. The Labute approximate surface area is 137 Å². The van der Waals surface area contributed by atoms with Gasteiger partial charge in [-0.1, -0.05) is 29.8 Å². The summed E-state index contributed by atoms with van der Waals surface area (Å²) >= 11 is 6.91. The first-order valence-corrected chi connectivity index (χ1v) is 7.49. The van der Waals surface area contributed by atoms with Crippen molar-refractivity contribution in [2.45, 2.75) is 11.8 Å². The highest BCUT2D eigenvalue weighted by atomic mass is 35.5. The Morgan fingerprint density at radius 2 is 1.91 bits per heavy atom. The van der Waals surface area contributed by atoms with E-state index < -0.39 is 0 Å². The number of thioether (sulfide) groups is 1. The van der Waals surface area contributed by atoms with Crippen molar-refractivity contribution < 1.29 is 9.59 Å². The fraction of sp³-hybridized carbons (Fsp3) is 0.0625. The van der Waals surface area contributed by atoms with Gasteiger partial charge in [-0.25, -0.2) is 0 Å². The van der Waals surface area contributed by atoms with Crippen LogP contribution in [0.3, 0.4) is 0 Å². The average molecular weight is 331 g/mol. The van der Waals surface area contributed by atoms with Gasteiger partial charge in [-0.05, 0) is 43.0 Å². The molecule has 6 heteroatoms. The van der Waals surface area contributed by atoms with Gasteiger partial charge >= 0.3 is 0 Å². The highest BCUT2D eigenvalue weighted by Gasteiger charge is 2.15. The molecule has 0 aliphatic heterocycles. The molecular formula is C16H11ClN2O2S. The van der Waals surface area contributed by atoms with Crippen LogP contribution in [0.1, 0.15) is 27.6 Å². The van der Waals surface area contributed by atoms with E-state index in [0.29, 0.717) is 26.7 Å². The number of nitriles is 1. The summed E-state index contributed by atoms with van der Waals surface area (Å²) in [6.07, 6.45) is 0. The first kappa shape index (κ1) is 16.1. The zero-order valence-electron chi connectivity index (χ0n) is 11.6. The van der Waals surface area contributed by atoms with Gasteiger partial charge in [0.05, 0.1) is 10.7 Å². The molecule has 2 aromatic rings. The van der Waals surface area contributed by atoms with Crippen LogP contribution in [-0.4, -0.2) is 11.7 Å². The molecule has 0 bridgehead atoms. The summed E-state index contributed by atoms with van der Waals surface area (Å²) in [6.45, 7) is 1.39. The third-order valence-corrected chi connectivity index (χ3v) is 3.96. The summed E-state index contributed by atoms with van der Waals surface area (Å²) in [6, 6.07) is 11.6. The molecule has 0 fully saturated rings. The number of thiocyanates is 1. The lowest BCUT2D eigenvalue weighted by atomic mass is 10.1. The summed E-state index contributed by atoms with van der Waals surface area (Å²) in [5, 5.41) is 13.7. The van der Waals surface area contributed by atoms with Gasteiger partial charge in [0.2, 0.25) is 0 Å². The molecule has 4 nitrogen and oxygen atoms in total. The smallest absolute Gasteiger partial charge is 0.255 e. The summed E-state index contributed by atoms with van der Waals surface area (Å²) in [5.74, 6) is -0.558. The predicted molar refractivity (Wildman–Crippen MR) is 87.3 cm³/mol. The van der Waals surface area contributed by atoms with Crippen LogP contribution in [0.25, 0.3) is 0 Å². The third kappa shape index (κ3) is 3.67. The van der Waals surface area contributed by atoms with Gasteiger partial charge in [-0.3, -0.25) is 9.59 Å². The Morgan fingerprint density at radius 3 is 2.50 bits per heavy atom. The number of Topliss-reactive ketones (excluding diaryl/α,β-unsaturated/α-hetero) is 1. The molecule has 0 spiro atoms. The maximum Gasteiger partial charge on any atom is 0.255 e. The molecular weight excluding hydrogens is 320 g/mol. The van der Waals surface area contributed by atoms with Crippen LogP contribution in [0.2, 0.25) is 5.02 Å². The van der Waals surface area contributed by atoms with Gasteiger partial charge in [-0.2, -0.15) is 5.26 Å². The van der Waals surface area contributed by atoms with Crippen molar-refractivity contribution in [3.05, 3.63) is 58.6 Å². The molecule has 2 rings (SSSR count). The number of rotatable bonds is 4. The van der Waals surface area contributed by atoms with Crippen LogP contribution in [0.15, 0.2) is 47.4 Å². The van der Waals surface area contributed by atoms with E-state index in [9.17, 15) is 9.59 Å². The number of carbonyl (C=O) groups is 2. The number of halogens is 1. The van der Waals surface area contributed by atoms with E-state index in [0.717, 1.165) is 11.8 Å². The molecule has 22 heavy (non-hydrogen) atoms. The van der Waals surface area contributed by atoms with Crippen LogP contribution in [0, 0.1) is 10.7 Å². The first-order chi connectivity index (χ1) is 10.5. The van der Waals surface area contributed by atoms with E-state index in [1.807, 2.05) is 11.5 Å². The van der Waals surface area contributed by atoms with Gasteiger partial charge in [0.15, 0.2) is 5.78 Å². The number of amides is 1. The quantitative estimate of drug-likeness (QED) is 0.513. The number of hydrogen-bond donors (Lipinski definition) is 1. The van der Waals surface area contributed by atoms with E-state index in [4.69, 9.17) is 16.9 Å². The molecule has 110 valence electrons. The molecule has 0 saturated carbocycles. The van der Waals surface area contributed by atoms with E-state index in [2.05, 4.69) is 5.32 Å². The molecule has 0 heterocycles. The van der Waals surface area contributed by atoms with Crippen molar-refractivity contribution in [3.8, 4) is 5.40 Å². The van der Waals surface area contributed by atoms with E-state index in [-0.39, 0.29) is 11.7 Å². The number of benzene rings is 2. The summed E-state index contributed by atoms with van der Waals surface area (Å²) in [4.78, 5) is 24.4. The third-order valence-electron chi connectivity index (χ3n) is 2.89. The monoisotopic (exact) mass is 330 g/mol. The average Bonchev–Trinajstić information content (AvgIpc) is 2.51. The van der Waals surface area contributed by atoms with Gasteiger partial charge in [0.25, 0.3) is 5.91 Å². The Balaban J connectivity index is 2.40. The van der Waals surface area contributed by atoms with Crippen LogP contribution in [0.4, 0.5) is 5.69 Å². The predicted octanol–water partition coefficient (Wildman–Crippen LogP) is 4.37. The minimum atomic E-state index is -0.335. The standard InChI is InChI=1S/C16H11ClN2O2S/c1-10(20)12-7-13(17)15(22-9-18)8-14(12)19-16(21)11-5-3-2-4-6-11/h2-8H,1H3,(H,19,21). The molecule has 1 N–H and O–H groups in total. The fourth-order valence-corrected chi connectivity index (χ4v) is 2.57. The lowest BCUT2D eigenvalue weighted by Gasteiger charge is -2.12. The Kier molecular flexibility index (Phi) is 5.21. The Morgan fingerprint density at radius 1 is 1.23 bits per heavy atom. The van der Waals surface area contributed by atoms with Crippen molar-refractivity contribution in [2.75, 3.05) is 5.32 Å². The fourth-order valence-electron chi connectivity index (χ4n) is 1.86. The summed E-state index contributed by atoms with van der Waals surface area (Å²) in [5.41, 5.74) is 1.11. The Bertz CT molecular complexity index is 770. The normalized spacial score (nSPS) is 9.86. The van der Waals surface area contributed by atoms with Crippen molar-refractivity contribution in [1.29, 1.82) is 5.26 Å². The highest BCUT2D eigenvalue weighted by molar-refractivity contribution is 8.03. The zero-order chi connectivity index (χ0) is 16.1. The largest absolute Gasteiger partial charge is 0.321 e. The van der Waals surface area contributed by atoms with Gasteiger partial charge < -0.3 is 5.32 Å². The van der Waals surface area contributed by atoms with Gasteiger partial charge in [-0.15, -0.1) is 0 Å². The molecule has 0 atom stereocenters. The number of nitrogens with one attached hydrogen (secondary N) is 1. The Hall–Kier alpha value is -2.29. The minimum absolute atomic E-state index is 0.223. The number of ketones is 1. The maximum absolute atomic E-state index is 12.2. The second-order valence-electron chi connectivity index (χ2n) is 4.40. The second kappa shape index (κ2) is 7.12. The number of hydrogen-bond acceptors (Lipinski definition) is 4. The van der Waals surface area contributed by atoms with Crippen molar-refractivity contribution >= 4 is 40.7 Å². The summed E-state index contributed by atoms with van der Waals surface area (Å²) in [7, 11) is 0. The molecule has 0 aliphatic rings. The lowest BCUT2D eigenvalue weighted by Crippen LogP contribution is -2.14. The molecule has 0 radical (unpaired) electrons. The van der Waals surface area contributed by atoms with Gasteiger partial charge in [0.1, 0.15) is 5.40 Å². The van der Waals surface area contributed by atoms with Crippen LogP contribution in [0.5, 0.6) is 0 Å². The van der Waals surface area contributed by atoms with E-state index in [1.54, 1.807) is 24.3 Å².